The van der Waals surface area contributed by atoms with Crippen LogP contribution in [0.1, 0.15) is 5.69 Å². The minimum atomic E-state index is 0.273. The third-order valence-corrected chi connectivity index (χ3v) is 3.25. The largest absolute Gasteiger partial charge is 0.454 e. The molecule has 0 aliphatic heterocycles. The van der Waals surface area contributed by atoms with Crippen molar-refractivity contribution in [1.82, 2.24) is 4.98 Å². The summed E-state index contributed by atoms with van der Waals surface area (Å²) in [5.74, 6) is 0.953. The predicted octanol–water partition coefficient (Wildman–Crippen LogP) is 4.29. The summed E-state index contributed by atoms with van der Waals surface area (Å²) in [5.41, 5.74) is 6.21. The van der Waals surface area contributed by atoms with E-state index in [2.05, 4.69) is 4.98 Å². The van der Waals surface area contributed by atoms with E-state index in [1.807, 2.05) is 0 Å². The Bertz CT molecular complexity index is 575. The molecule has 0 aliphatic rings. The molecule has 0 saturated carbocycles. The monoisotopic (exact) mass is 302 g/mol. The number of pyridine rings is 1. The van der Waals surface area contributed by atoms with Gasteiger partial charge in [0.25, 0.3) is 0 Å². The molecule has 0 amide bonds. The van der Waals surface area contributed by atoms with E-state index in [1.54, 1.807) is 24.4 Å². The Morgan fingerprint density at radius 2 is 1.78 bits per heavy atom. The van der Waals surface area contributed by atoms with Gasteiger partial charge in [-0.2, -0.15) is 0 Å². The van der Waals surface area contributed by atoms with E-state index < -0.39 is 0 Å². The summed E-state index contributed by atoms with van der Waals surface area (Å²) in [6, 6.07) is 6.59. The summed E-state index contributed by atoms with van der Waals surface area (Å²) >= 11 is 17.8. The highest BCUT2D eigenvalue weighted by Gasteiger charge is 2.10. The first kappa shape index (κ1) is 13.4. The van der Waals surface area contributed by atoms with Gasteiger partial charge in [0.2, 0.25) is 0 Å². The first-order chi connectivity index (χ1) is 8.61. The number of nitrogens with zero attached hydrogens (tertiary/aromatic N) is 1. The van der Waals surface area contributed by atoms with Gasteiger partial charge in [0.15, 0.2) is 0 Å². The molecule has 2 rings (SSSR count). The Balaban J connectivity index is 2.37. The van der Waals surface area contributed by atoms with Crippen LogP contribution < -0.4 is 10.5 Å². The molecule has 0 radical (unpaired) electrons. The zero-order valence-electron chi connectivity index (χ0n) is 9.16. The molecular weight excluding hydrogens is 295 g/mol. The average molecular weight is 304 g/mol. The van der Waals surface area contributed by atoms with Crippen LogP contribution in [0.2, 0.25) is 15.1 Å². The molecule has 1 aromatic carbocycles. The van der Waals surface area contributed by atoms with E-state index in [4.69, 9.17) is 45.3 Å². The van der Waals surface area contributed by atoms with Crippen molar-refractivity contribution in [2.75, 3.05) is 0 Å². The molecular formula is C12H9Cl3N2O. The third kappa shape index (κ3) is 2.87. The fourth-order valence-electron chi connectivity index (χ4n) is 1.37. The second-order valence-electron chi connectivity index (χ2n) is 3.45. The van der Waals surface area contributed by atoms with Gasteiger partial charge < -0.3 is 10.5 Å². The van der Waals surface area contributed by atoms with Gasteiger partial charge in [0, 0.05) is 18.8 Å². The van der Waals surface area contributed by atoms with Crippen LogP contribution in [0.15, 0.2) is 30.5 Å². The Morgan fingerprint density at radius 1 is 1.06 bits per heavy atom. The van der Waals surface area contributed by atoms with Gasteiger partial charge in [-0.05, 0) is 18.2 Å². The maximum Gasteiger partial charge on any atom is 0.150 e. The lowest BCUT2D eigenvalue weighted by Gasteiger charge is -2.11. The third-order valence-electron chi connectivity index (χ3n) is 2.24. The molecule has 94 valence electrons. The summed E-state index contributed by atoms with van der Waals surface area (Å²) in [4.78, 5) is 4.11. The van der Waals surface area contributed by atoms with Gasteiger partial charge in [0.1, 0.15) is 11.5 Å². The van der Waals surface area contributed by atoms with E-state index in [9.17, 15) is 0 Å². The molecule has 0 atom stereocenters. The van der Waals surface area contributed by atoms with E-state index in [-0.39, 0.29) is 6.54 Å². The molecule has 3 nitrogen and oxygen atoms in total. The van der Waals surface area contributed by atoms with Gasteiger partial charge in [-0.1, -0.05) is 34.8 Å². The van der Waals surface area contributed by atoms with Crippen LogP contribution in [0.5, 0.6) is 11.5 Å². The molecule has 0 fully saturated rings. The van der Waals surface area contributed by atoms with Crippen LogP contribution in [0, 0.1) is 0 Å². The molecule has 1 heterocycles. The van der Waals surface area contributed by atoms with Crippen molar-refractivity contribution in [3.05, 3.63) is 51.2 Å². The van der Waals surface area contributed by atoms with Gasteiger partial charge in [-0.25, -0.2) is 0 Å². The van der Waals surface area contributed by atoms with E-state index in [0.717, 1.165) is 0 Å². The van der Waals surface area contributed by atoms with Crippen molar-refractivity contribution >= 4 is 34.8 Å². The molecule has 18 heavy (non-hydrogen) atoms. The number of aromatic nitrogens is 1. The molecule has 1 aromatic heterocycles. The standard InChI is InChI=1S/C12H9Cl3N2O/c13-7-4-9(15)12(5-8(7)14)18-11-2-1-3-17-10(11)6-16/h1-5H,6,16H2. The summed E-state index contributed by atoms with van der Waals surface area (Å²) in [5, 5.41) is 1.12. The minimum Gasteiger partial charge on any atom is -0.454 e. The molecule has 0 spiro atoms. The van der Waals surface area contributed by atoms with Gasteiger partial charge in [-0.3, -0.25) is 4.98 Å². The maximum atomic E-state index is 6.03. The SMILES string of the molecule is NCc1ncccc1Oc1cc(Cl)c(Cl)cc1Cl. The molecule has 2 aromatic rings. The van der Waals surface area contributed by atoms with Crippen LogP contribution in [0.3, 0.4) is 0 Å². The molecule has 0 bridgehead atoms. The highest BCUT2D eigenvalue weighted by Crippen LogP contribution is 2.36. The summed E-state index contributed by atoms with van der Waals surface area (Å²) in [6.45, 7) is 0.273. The second-order valence-corrected chi connectivity index (χ2v) is 4.67. The van der Waals surface area contributed by atoms with Crippen molar-refractivity contribution < 1.29 is 4.74 Å². The van der Waals surface area contributed by atoms with Crippen LogP contribution in [0.4, 0.5) is 0 Å². The molecule has 0 saturated heterocycles. The zero-order chi connectivity index (χ0) is 13.1. The highest BCUT2D eigenvalue weighted by molar-refractivity contribution is 6.43. The Morgan fingerprint density at radius 3 is 2.50 bits per heavy atom. The topological polar surface area (TPSA) is 48.1 Å². The predicted molar refractivity (Wildman–Crippen MR) is 73.7 cm³/mol. The fraction of sp³-hybridized carbons (Fsp3) is 0.0833. The zero-order valence-corrected chi connectivity index (χ0v) is 11.4. The smallest absolute Gasteiger partial charge is 0.150 e. The van der Waals surface area contributed by atoms with Gasteiger partial charge in [0.05, 0.1) is 20.8 Å². The van der Waals surface area contributed by atoms with Crippen LogP contribution in [0.25, 0.3) is 0 Å². The lowest BCUT2D eigenvalue weighted by Crippen LogP contribution is -2.02. The number of benzene rings is 1. The van der Waals surface area contributed by atoms with Crippen molar-refractivity contribution in [3.63, 3.8) is 0 Å². The average Bonchev–Trinajstić information content (AvgIpc) is 2.36. The van der Waals surface area contributed by atoms with E-state index in [0.29, 0.717) is 32.3 Å². The number of rotatable bonds is 3. The van der Waals surface area contributed by atoms with Crippen molar-refractivity contribution in [2.24, 2.45) is 5.73 Å². The van der Waals surface area contributed by atoms with Crippen LogP contribution >= 0.6 is 34.8 Å². The maximum absolute atomic E-state index is 6.03. The number of nitrogens with two attached hydrogens (primary N) is 1. The highest BCUT2D eigenvalue weighted by atomic mass is 35.5. The number of hydrogen-bond donors (Lipinski definition) is 1. The Labute approximate surface area is 119 Å². The number of ether oxygens (including phenoxy) is 1. The van der Waals surface area contributed by atoms with E-state index in [1.165, 1.54) is 6.07 Å². The first-order valence-electron chi connectivity index (χ1n) is 5.08. The normalized spacial score (nSPS) is 10.4. The minimum absolute atomic E-state index is 0.273. The Kier molecular flexibility index (Phi) is 4.30. The van der Waals surface area contributed by atoms with Gasteiger partial charge in [-0.15, -0.1) is 0 Å². The van der Waals surface area contributed by atoms with Crippen molar-refractivity contribution in [3.8, 4) is 11.5 Å². The summed E-state index contributed by atoms with van der Waals surface area (Å²) in [7, 11) is 0. The van der Waals surface area contributed by atoms with Gasteiger partial charge >= 0.3 is 0 Å². The molecule has 6 heteroatoms. The van der Waals surface area contributed by atoms with Crippen LogP contribution in [-0.2, 0) is 6.54 Å². The first-order valence-corrected chi connectivity index (χ1v) is 6.21. The lowest BCUT2D eigenvalue weighted by molar-refractivity contribution is 0.473. The van der Waals surface area contributed by atoms with Crippen molar-refractivity contribution in [1.29, 1.82) is 0 Å². The van der Waals surface area contributed by atoms with E-state index >= 15 is 0 Å². The summed E-state index contributed by atoms with van der Waals surface area (Å²) < 4.78 is 5.65. The van der Waals surface area contributed by atoms with Crippen LogP contribution in [-0.4, -0.2) is 4.98 Å². The Hall–Kier alpha value is -1.000. The lowest BCUT2D eigenvalue weighted by atomic mass is 10.3. The number of hydrogen-bond acceptors (Lipinski definition) is 3. The number of halogens is 3. The second kappa shape index (κ2) is 5.76. The molecule has 0 unspecified atom stereocenters. The summed E-state index contributed by atoms with van der Waals surface area (Å²) in [6.07, 6.45) is 1.64. The molecule has 0 aliphatic carbocycles. The quantitative estimate of drug-likeness (QED) is 0.860. The molecule has 2 N–H and O–H groups in total. The fourth-order valence-corrected chi connectivity index (χ4v) is 1.95. The van der Waals surface area contributed by atoms with Crippen molar-refractivity contribution in [2.45, 2.75) is 6.54 Å².